The highest BCUT2D eigenvalue weighted by Gasteiger charge is 2.13. The molecule has 1 heterocycles. The summed E-state index contributed by atoms with van der Waals surface area (Å²) in [6.45, 7) is 0. The molecule has 4 rings (SSSR count). The van der Waals surface area contributed by atoms with Crippen molar-refractivity contribution in [1.29, 1.82) is 0 Å². The Morgan fingerprint density at radius 1 is 0.633 bits per heavy atom. The maximum atomic E-state index is 13.0. The van der Waals surface area contributed by atoms with Crippen LogP contribution in [-0.2, 0) is 0 Å². The van der Waals surface area contributed by atoms with Gasteiger partial charge in [0.2, 0.25) is 0 Å². The van der Waals surface area contributed by atoms with Gasteiger partial charge in [-0.05, 0) is 60.7 Å². The molecule has 0 aliphatic carbocycles. The van der Waals surface area contributed by atoms with E-state index in [4.69, 9.17) is 9.47 Å². The Morgan fingerprint density at radius 2 is 1.10 bits per heavy atom. The summed E-state index contributed by atoms with van der Waals surface area (Å²) < 4.78 is 12.6. The number of H-pyrrole nitrogens is 1. The van der Waals surface area contributed by atoms with Gasteiger partial charge < -0.3 is 9.47 Å². The smallest absolute Gasteiger partial charge is 0.345 e. The molecule has 0 atom stereocenters. The highest BCUT2D eigenvalue weighted by Crippen LogP contribution is 2.21. The van der Waals surface area contributed by atoms with Crippen LogP contribution in [0.5, 0.6) is 17.2 Å². The largest absolute Gasteiger partial charge is 0.497 e. The molecule has 4 aromatic rings. The number of rotatable bonds is 5. The Balaban J connectivity index is 1.74. The molecule has 0 saturated carbocycles. The first-order chi connectivity index (χ1) is 14.6. The summed E-state index contributed by atoms with van der Waals surface area (Å²) in [6.07, 6.45) is 0. The van der Waals surface area contributed by atoms with Crippen LogP contribution in [0.3, 0.4) is 0 Å². The van der Waals surface area contributed by atoms with Crippen LogP contribution < -0.4 is 26.5 Å². The van der Waals surface area contributed by atoms with Crippen LogP contribution in [0, 0.1) is 0 Å². The molecule has 30 heavy (non-hydrogen) atoms. The second-order valence-electron chi connectivity index (χ2n) is 6.30. The third-order valence-electron chi connectivity index (χ3n) is 4.41. The minimum absolute atomic E-state index is 0.295. The number of para-hydroxylation sites is 1. The Hall–Kier alpha value is -4.33. The zero-order valence-corrected chi connectivity index (χ0v) is 15.9. The Bertz CT molecular complexity index is 1340. The summed E-state index contributed by atoms with van der Waals surface area (Å²) in [6, 6.07) is 22.0. The lowest BCUT2D eigenvalue weighted by molar-refractivity contribution is 0.414. The number of aromatic amines is 1. The maximum Gasteiger partial charge on any atom is 0.345 e. The van der Waals surface area contributed by atoms with Gasteiger partial charge in [0.25, 0.3) is 0 Å². The average molecular weight is 403 g/mol. The normalized spacial score (nSPS) is 10.6. The Labute approximate surface area is 170 Å². The van der Waals surface area contributed by atoms with Gasteiger partial charge in [0.05, 0.1) is 18.5 Å². The first-order valence-electron chi connectivity index (χ1n) is 9.03. The molecule has 150 valence electrons. The minimum atomic E-state index is -0.827. The van der Waals surface area contributed by atoms with Crippen LogP contribution in [-0.4, -0.2) is 21.2 Å². The summed E-state index contributed by atoms with van der Waals surface area (Å²) >= 11 is 0. The molecule has 0 amide bonds. The van der Waals surface area contributed by atoms with Gasteiger partial charge in [-0.15, -0.1) is 0 Å². The summed E-state index contributed by atoms with van der Waals surface area (Å²) in [5.41, 5.74) is -1.84. The van der Waals surface area contributed by atoms with E-state index in [0.717, 1.165) is 9.13 Å². The van der Waals surface area contributed by atoms with Gasteiger partial charge in [0.15, 0.2) is 0 Å². The fourth-order valence-electron chi connectivity index (χ4n) is 2.95. The molecule has 0 saturated heterocycles. The number of hydrogen-bond acceptors (Lipinski definition) is 5. The van der Waals surface area contributed by atoms with Crippen LogP contribution in [0.25, 0.3) is 11.4 Å². The fourth-order valence-corrected chi connectivity index (χ4v) is 2.95. The van der Waals surface area contributed by atoms with E-state index in [1.165, 1.54) is 7.11 Å². The van der Waals surface area contributed by atoms with Crippen molar-refractivity contribution in [2.75, 3.05) is 7.11 Å². The van der Waals surface area contributed by atoms with Crippen molar-refractivity contribution >= 4 is 0 Å². The predicted molar refractivity (Wildman–Crippen MR) is 111 cm³/mol. The molecule has 0 unspecified atom stereocenters. The van der Waals surface area contributed by atoms with E-state index in [1.807, 2.05) is 30.3 Å². The molecule has 0 spiro atoms. The van der Waals surface area contributed by atoms with Gasteiger partial charge in [-0.1, -0.05) is 18.2 Å². The lowest BCUT2D eigenvalue weighted by Crippen LogP contribution is -2.47. The van der Waals surface area contributed by atoms with Crippen LogP contribution in [0.4, 0.5) is 0 Å². The van der Waals surface area contributed by atoms with E-state index in [9.17, 15) is 14.4 Å². The molecule has 1 aromatic heterocycles. The number of aromatic nitrogens is 3. The maximum absolute atomic E-state index is 13.0. The van der Waals surface area contributed by atoms with E-state index in [-0.39, 0.29) is 0 Å². The summed E-state index contributed by atoms with van der Waals surface area (Å²) in [5, 5.41) is 0. The van der Waals surface area contributed by atoms with Crippen LogP contribution >= 0.6 is 0 Å². The molecule has 0 radical (unpaired) electrons. The van der Waals surface area contributed by atoms with E-state index in [0.29, 0.717) is 28.6 Å². The van der Waals surface area contributed by atoms with Gasteiger partial charge in [-0.3, -0.25) is 4.98 Å². The molecule has 0 bridgehead atoms. The standard InChI is InChI=1S/C22H17N3O5/c1-29-17-11-7-15(8-12-17)24-20(26)23-21(27)25(22(24)28)16-9-13-19(14-10-16)30-18-5-3-2-4-6-18/h2-14H,1H3,(H,23,26,27). The third kappa shape index (κ3) is 3.66. The van der Waals surface area contributed by atoms with E-state index < -0.39 is 17.1 Å². The first kappa shape index (κ1) is 19.0. The molecular weight excluding hydrogens is 386 g/mol. The van der Waals surface area contributed by atoms with Crippen LogP contribution in [0.15, 0.2) is 93.2 Å². The zero-order chi connectivity index (χ0) is 21.1. The summed E-state index contributed by atoms with van der Waals surface area (Å²) in [5.74, 6) is 1.77. The second-order valence-corrected chi connectivity index (χ2v) is 6.30. The lowest BCUT2D eigenvalue weighted by atomic mass is 10.3. The predicted octanol–water partition coefficient (Wildman–Crippen LogP) is 2.48. The van der Waals surface area contributed by atoms with Crippen LogP contribution in [0.2, 0.25) is 0 Å². The molecule has 1 N–H and O–H groups in total. The SMILES string of the molecule is COc1ccc(-n2c(=O)[nH]c(=O)n(-c3ccc(Oc4ccccc4)cc3)c2=O)cc1. The number of nitrogens with zero attached hydrogens (tertiary/aromatic N) is 2. The topological polar surface area (TPSA) is 95.3 Å². The number of benzene rings is 3. The van der Waals surface area contributed by atoms with Crippen molar-refractivity contribution in [3.63, 3.8) is 0 Å². The Morgan fingerprint density at radius 3 is 1.60 bits per heavy atom. The summed E-state index contributed by atoms with van der Waals surface area (Å²) in [4.78, 5) is 39.8. The van der Waals surface area contributed by atoms with E-state index in [1.54, 1.807) is 48.5 Å². The Kier molecular flexibility index (Phi) is 5.04. The van der Waals surface area contributed by atoms with Gasteiger partial charge >= 0.3 is 17.1 Å². The number of methoxy groups -OCH3 is 1. The highest BCUT2D eigenvalue weighted by atomic mass is 16.5. The van der Waals surface area contributed by atoms with E-state index >= 15 is 0 Å². The van der Waals surface area contributed by atoms with Crippen molar-refractivity contribution < 1.29 is 9.47 Å². The highest BCUT2D eigenvalue weighted by molar-refractivity contribution is 5.40. The lowest BCUT2D eigenvalue weighted by Gasteiger charge is -2.10. The number of nitrogens with one attached hydrogen (secondary N) is 1. The number of ether oxygens (including phenoxy) is 2. The van der Waals surface area contributed by atoms with E-state index in [2.05, 4.69) is 4.98 Å². The van der Waals surface area contributed by atoms with Crippen molar-refractivity contribution in [3.05, 3.63) is 110 Å². The minimum Gasteiger partial charge on any atom is -0.497 e. The van der Waals surface area contributed by atoms with Gasteiger partial charge in [-0.2, -0.15) is 0 Å². The first-order valence-corrected chi connectivity index (χ1v) is 9.03. The zero-order valence-electron chi connectivity index (χ0n) is 15.9. The van der Waals surface area contributed by atoms with Crippen LogP contribution in [0.1, 0.15) is 0 Å². The van der Waals surface area contributed by atoms with Gasteiger partial charge in [0, 0.05) is 0 Å². The quantitative estimate of drug-likeness (QED) is 0.552. The fraction of sp³-hybridized carbons (Fsp3) is 0.0455. The molecule has 8 nitrogen and oxygen atoms in total. The monoisotopic (exact) mass is 403 g/mol. The number of hydrogen-bond donors (Lipinski definition) is 1. The van der Waals surface area contributed by atoms with Crippen molar-refractivity contribution in [1.82, 2.24) is 14.1 Å². The van der Waals surface area contributed by atoms with Crippen molar-refractivity contribution in [3.8, 4) is 28.6 Å². The van der Waals surface area contributed by atoms with Crippen molar-refractivity contribution in [2.24, 2.45) is 0 Å². The second kappa shape index (κ2) is 7.96. The van der Waals surface area contributed by atoms with Crippen molar-refractivity contribution in [2.45, 2.75) is 0 Å². The molecular formula is C22H17N3O5. The third-order valence-corrected chi connectivity index (χ3v) is 4.41. The molecule has 0 aliphatic heterocycles. The molecule has 0 aliphatic rings. The molecule has 8 heteroatoms. The molecule has 3 aromatic carbocycles. The summed E-state index contributed by atoms with van der Waals surface area (Å²) in [7, 11) is 1.51. The average Bonchev–Trinajstić information content (AvgIpc) is 2.76. The van der Waals surface area contributed by atoms with Gasteiger partial charge in [0.1, 0.15) is 17.2 Å². The van der Waals surface area contributed by atoms with Gasteiger partial charge in [-0.25, -0.2) is 23.5 Å². The molecule has 0 fully saturated rings.